The van der Waals surface area contributed by atoms with E-state index >= 15 is 0 Å². The molecule has 3 aromatic rings. The second kappa shape index (κ2) is 5.34. The van der Waals surface area contributed by atoms with E-state index in [0.29, 0.717) is 11.4 Å². The molecule has 0 aliphatic carbocycles. The number of aryl methyl sites for hydroxylation is 1. The minimum absolute atomic E-state index is 0.177. The van der Waals surface area contributed by atoms with Gasteiger partial charge in [-0.15, -0.1) is 11.3 Å². The Bertz CT molecular complexity index is 838. The van der Waals surface area contributed by atoms with Crippen molar-refractivity contribution >= 4 is 27.0 Å². The van der Waals surface area contributed by atoms with Crippen LogP contribution in [-0.4, -0.2) is 18.2 Å². The van der Waals surface area contributed by atoms with Crippen molar-refractivity contribution in [1.82, 2.24) is 9.78 Å². The molecule has 0 spiro atoms. The third-order valence-corrected chi connectivity index (χ3v) is 5.12. The first-order valence-electron chi connectivity index (χ1n) is 6.22. The quantitative estimate of drug-likeness (QED) is 0.804. The van der Waals surface area contributed by atoms with Crippen LogP contribution in [0.25, 0.3) is 10.6 Å². The zero-order valence-electron chi connectivity index (χ0n) is 11.2. The fraction of sp³-hybridized carbons (Fsp3) is 0.0714. The van der Waals surface area contributed by atoms with Crippen LogP contribution in [0, 0.1) is 0 Å². The third kappa shape index (κ3) is 2.84. The highest BCUT2D eigenvalue weighted by atomic mass is 32.2. The number of hydrogen-bond acceptors (Lipinski definition) is 4. The molecule has 0 fully saturated rings. The molecular weight excluding hydrogens is 306 g/mol. The largest absolute Gasteiger partial charge is 0.280 e. The maximum atomic E-state index is 12.6. The summed E-state index contributed by atoms with van der Waals surface area (Å²) in [6.45, 7) is 0. The maximum Gasteiger partial charge on any atom is 0.265 e. The first-order valence-corrected chi connectivity index (χ1v) is 8.58. The van der Waals surface area contributed by atoms with Gasteiger partial charge in [-0.05, 0) is 23.6 Å². The summed E-state index contributed by atoms with van der Waals surface area (Å²) >= 11 is 1.46. The number of rotatable bonds is 4. The number of benzene rings is 1. The fourth-order valence-corrected chi connectivity index (χ4v) is 4.00. The molecule has 0 saturated carbocycles. The molecular formula is C14H13N3O2S2. The summed E-state index contributed by atoms with van der Waals surface area (Å²) < 4.78 is 29.2. The molecule has 0 aliphatic heterocycles. The Morgan fingerprint density at radius 3 is 2.57 bits per heavy atom. The van der Waals surface area contributed by atoms with Gasteiger partial charge in [-0.1, -0.05) is 24.3 Å². The molecule has 0 saturated heterocycles. The van der Waals surface area contributed by atoms with Gasteiger partial charge in [-0.25, -0.2) is 8.42 Å². The van der Waals surface area contributed by atoms with Crippen LogP contribution < -0.4 is 4.72 Å². The van der Waals surface area contributed by atoms with Crippen molar-refractivity contribution in [3.05, 3.63) is 54.0 Å². The summed E-state index contributed by atoms with van der Waals surface area (Å²) in [7, 11) is -1.97. The molecule has 1 aromatic carbocycles. The lowest BCUT2D eigenvalue weighted by atomic mass is 10.3. The summed E-state index contributed by atoms with van der Waals surface area (Å²) in [5, 5.41) is 6.16. The standard InChI is InChI=1S/C14H13N3O2S2/c1-17-10-13(14(15-17)12-8-5-9-20-12)21(18,19)16-11-6-3-2-4-7-11/h2-10,16H,1H3. The third-order valence-electron chi connectivity index (χ3n) is 2.87. The van der Waals surface area contributed by atoms with Crippen LogP contribution >= 0.6 is 11.3 Å². The summed E-state index contributed by atoms with van der Waals surface area (Å²) in [6, 6.07) is 12.5. The first-order chi connectivity index (χ1) is 10.1. The van der Waals surface area contributed by atoms with E-state index in [4.69, 9.17) is 0 Å². The molecule has 0 radical (unpaired) electrons. The van der Waals surface area contributed by atoms with Gasteiger partial charge in [0.05, 0.1) is 4.88 Å². The van der Waals surface area contributed by atoms with Crippen molar-refractivity contribution in [1.29, 1.82) is 0 Å². The van der Waals surface area contributed by atoms with E-state index in [9.17, 15) is 8.42 Å². The molecule has 108 valence electrons. The average molecular weight is 319 g/mol. The van der Waals surface area contributed by atoms with Gasteiger partial charge < -0.3 is 0 Å². The Morgan fingerprint density at radius 2 is 1.90 bits per heavy atom. The highest BCUT2D eigenvalue weighted by Gasteiger charge is 2.23. The number of aromatic nitrogens is 2. The van der Waals surface area contributed by atoms with Gasteiger partial charge in [0.15, 0.2) is 0 Å². The molecule has 7 heteroatoms. The predicted octanol–water partition coefficient (Wildman–Crippen LogP) is 2.95. The van der Waals surface area contributed by atoms with E-state index in [1.807, 2.05) is 23.6 Å². The lowest BCUT2D eigenvalue weighted by molar-refractivity contribution is 0.601. The zero-order chi connectivity index (χ0) is 14.9. The Hall–Kier alpha value is -2.12. The molecule has 2 aromatic heterocycles. The van der Waals surface area contributed by atoms with Crippen molar-refractivity contribution in [2.24, 2.45) is 7.05 Å². The Balaban J connectivity index is 2.04. The van der Waals surface area contributed by atoms with Crippen LogP contribution in [0.5, 0.6) is 0 Å². The molecule has 1 N–H and O–H groups in total. The normalized spacial score (nSPS) is 11.5. The van der Waals surface area contributed by atoms with E-state index in [1.165, 1.54) is 22.2 Å². The molecule has 0 bridgehead atoms. The summed E-state index contributed by atoms with van der Waals surface area (Å²) in [6.07, 6.45) is 1.51. The van der Waals surface area contributed by atoms with Crippen LogP contribution in [0.3, 0.4) is 0 Å². The van der Waals surface area contributed by atoms with Crippen molar-refractivity contribution < 1.29 is 8.42 Å². The van der Waals surface area contributed by atoms with E-state index < -0.39 is 10.0 Å². The Morgan fingerprint density at radius 1 is 1.14 bits per heavy atom. The maximum absolute atomic E-state index is 12.6. The first kappa shape index (κ1) is 13.8. The van der Waals surface area contributed by atoms with Gasteiger partial charge in [-0.3, -0.25) is 9.40 Å². The number of sulfonamides is 1. The number of nitrogens with one attached hydrogen (secondary N) is 1. The number of anilines is 1. The van der Waals surface area contributed by atoms with E-state index in [-0.39, 0.29) is 4.90 Å². The lowest BCUT2D eigenvalue weighted by Gasteiger charge is -2.07. The molecule has 0 aliphatic rings. The number of nitrogens with zero attached hydrogens (tertiary/aromatic N) is 2. The highest BCUT2D eigenvalue weighted by molar-refractivity contribution is 7.92. The number of thiophene rings is 1. The topological polar surface area (TPSA) is 64.0 Å². The van der Waals surface area contributed by atoms with Crippen LogP contribution in [0.15, 0.2) is 58.9 Å². The van der Waals surface area contributed by atoms with Gasteiger partial charge in [-0.2, -0.15) is 5.10 Å². The van der Waals surface area contributed by atoms with E-state index in [0.717, 1.165) is 4.88 Å². The molecule has 21 heavy (non-hydrogen) atoms. The van der Waals surface area contributed by atoms with Crippen LogP contribution in [0.4, 0.5) is 5.69 Å². The number of hydrogen-bond donors (Lipinski definition) is 1. The molecule has 3 rings (SSSR count). The zero-order valence-corrected chi connectivity index (χ0v) is 12.9. The Labute approximate surface area is 126 Å². The van der Waals surface area contributed by atoms with Gasteiger partial charge in [0, 0.05) is 18.9 Å². The average Bonchev–Trinajstić information content (AvgIpc) is 3.08. The minimum Gasteiger partial charge on any atom is -0.280 e. The molecule has 5 nitrogen and oxygen atoms in total. The smallest absolute Gasteiger partial charge is 0.265 e. The van der Waals surface area contributed by atoms with Crippen molar-refractivity contribution in [3.63, 3.8) is 0 Å². The second-order valence-electron chi connectivity index (χ2n) is 4.46. The fourth-order valence-electron chi connectivity index (χ4n) is 1.96. The Kier molecular flexibility index (Phi) is 3.52. The predicted molar refractivity (Wildman–Crippen MR) is 83.8 cm³/mol. The van der Waals surface area contributed by atoms with Crippen molar-refractivity contribution in [3.8, 4) is 10.6 Å². The summed E-state index contributed by atoms with van der Waals surface area (Å²) in [5.41, 5.74) is 0.995. The van der Waals surface area contributed by atoms with Crippen LogP contribution in [0.2, 0.25) is 0 Å². The highest BCUT2D eigenvalue weighted by Crippen LogP contribution is 2.30. The van der Waals surface area contributed by atoms with Crippen molar-refractivity contribution in [2.45, 2.75) is 4.90 Å². The minimum atomic E-state index is -3.68. The van der Waals surface area contributed by atoms with E-state index in [1.54, 1.807) is 31.3 Å². The summed E-state index contributed by atoms with van der Waals surface area (Å²) in [5.74, 6) is 0. The lowest BCUT2D eigenvalue weighted by Crippen LogP contribution is -2.13. The molecule has 0 amide bonds. The second-order valence-corrected chi connectivity index (χ2v) is 7.06. The van der Waals surface area contributed by atoms with Gasteiger partial charge in [0.25, 0.3) is 10.0 Å². The van der Waals surface area contributed by atoms with Crippen LogP contribution in [-0.2, 0) is 17.1 Å². The SMILES string of the molecule is Cn1cc(S(=O)(=O)Nc2ccccc2)c(-c2cccs2)n1. The molecule has 0 unspecified atom stereocenters. The van der Waals surface area contributed by atoms with Gasteiger partial charge in [0.1, 0.15) is 10.6 Å². The number of para-hydroxylation sites is 1. The summed E-state index contributed by atoms with van der Waals surface area (Å²) in [4.78, 5) is 1.00. The molecule has 2 heterocycles. The van der Waals surface area contributed by atoms with Gasteiger partial charge in [0.2, 0.25) is 0 Å². The van der Waals surface area contributed by atoms with Crippen LogP contribution in [0.1, 0.15) is 0 Å². The van der Waals surface area contributed by atoms with Gasteiger partial charge >= 0.3 is 0 Å². The van der Waals surface area contributed by atoms with E-state index in [2.05, 4.69) is 9.82 Å². The monoisotopic (exact) mass is 319 g/mol. The van der Waals surface area contributed by atoms with Crippen molar-refractivity contribution in [2.75, 3.05) is 4.72 Å². The molecule has 0 atom stereocenters.